The predicted octanol–water partition coefficient (Wildman–Crippen LogP) is 2.76. The van der Waals surface area contributed by atoms with E-state index < -0.39 is 0 Å². The second-order valence-corrected chi connectivity index (χ2v) is 7.48. The zero-order chi connectivity index (χ0) is 14.7. The number of aliphatic hydroxyl groups excluding tert-OH is 1. The molecule has 1 saturated heterocycles. The summed E-state index contributed by atoms with van der Waals surface area (Å²) in [5, 5.41) is 13.6. The van der Waals surface area contributed by atoms with E-state index in [1.54, 1.807) is 11.3 Å². The van der Waals surface area contributed by atoms with Crippen molar-refractivity contribution in [3.63, 3.8) is 0 Å². The fourth-order valence-electron chi connectivity index (χ4n) is 2.57. The molecule has 1 N–H and O–H groups in total. The summed E-state index contributed by atoms with van der Waals surface area (Å²) in [6.45, 7) is 1.06. The lowest BCUT2D eigenvalue weighted by atomic mass is 10.1. The first kappa shape index (κ1) is 15.0. The third-order valence-corrected chi connectivity index (χ3v) is 5.81. The summed E-state index contributed by atoms with van der Waals surface area (Å²) in [6, 6.07) is 10.4. The average molecular weight is 320 g/mol. The van der Waals surface area contributed by atoms with Crippen LogP contribution in [0.25, 0.3) is 11.3 Å². The van der Waals surface area contributed by atoms with Crippen LogP contribution in [0, 0.1) is 0 Å². The molecule has 1 fully saturated rings. The van der Waals surface area contributed by atoms with Crippen LogP contribution in [-0.2, 0) is 6.42 Å². The number of thioether (sulfide) groups is 1. The minimum absolute atomic E-state index is 0.243. The van der Waals surface area contributed by atoms with E-state index in [1.807, 2.05) is 30.0 Å². The van der Waals surface area contributed by atoms with Crippen LogP contribution < -0.4 is 0 Å². The standard InChI is InChI=1S/C16H20N2OS2/c1-18-7-8-20-11-14(18)15(19)9-16-17-13(10-21-16)12-5-3-2-4-6-12/h2-6,10,14-15,19H,7-9,11H2,1H3. The Morgan fingerprint density at radius 2 is 2.19 bits per heavy atom. The molecule has 2 unspecified atom stereocenters. The van der Waals surface area contributed by atoms with Crippen LogP contribution in [0.2, 0.25) is 0 Å². The molecule has 2 aromatic rings. The number of likely N-dealkylation sites (N-methyl/N-ethyl adjacent to an activating group) is 1. The van der Waals surface area contributed by atoms with Gasteiger partial charge in [-0.2, -0.15) is 11.8 Å². The molecule has 3 rings (SSSR count). The lowest BCUT2D eigenvalue weighted by molar-refractivity contribution is 0.0763. The van der Waals surface area contributed by atoms with Crippen molar-refractivity contribution in [1.82, 2.24) is 9.88 Å². The van der Waals surface area contributed by atoms with Gasteiger partial charge in [0.15, 0.2) is 0 Å². The fraction of sp³-hybridized carbons (Fsp3) is 0.438. The Kier molecular flexibility index (Phi) is 4.95. The molecule has 0 aliphatic carbocycles. The molecule has 0 saturated carbocycles. The Labute approximate surface area is 134 Å². The Morgan fingerprint density at radius 3 is 2.95 bits per heavy atom. The first-order valence-electron chi connectivity index (χ1n) is 7.20. The van der Waals surface area contributed by atoms with Gasteiger partial charge in [0.05, 0.1) is 16.8 Å². The van der Waals surface area contributed by atoms with Gasteiger partial charge in [0.2, 0.25) is 0 Å². The fourth-order valence-corrected chi connectivity index (χ4v) is 4.73. The first-order chi connectivity index (χ1) is 10.2. The van der Waals surface area contributed by atoms with E-state index in [0.29, 0.717) is 6.42 Å². The van der Waals surface area contributed by atoms with E-state index in [9.17, 15) is 5.11 Å². The summed E-state index contributed by atoms with van der Waals surface area (Å²) in [4.78, 5) is 6.94. The van der Waals surface area contributed by atoms with E-state index in [4.69, 9.17) is 0 Å². The number of nitrogens with zero attached hydrogens (tertiary/aromatic N) is 2. The normalized spacial score (nSPS) is 21.3. The minimum atomic E-state index is -0.336. The summed E-state index contributed by atoms with van der Waals surface area (Å²) in [6.07, 6.45) is 0.310. The molecule has 1 aromatic carbocycles. The van der Waals surface area contributed by atoms with Crippen molar-refractivity contribution in [2.24, 2.45) is 0 Å². The Bertz CT molecular complexity index is 573. The number of benzene rings is 1. The SMILES string of the molecule is CN1CCSCC1C(O)Cc1nc(-c2ccccc2)cs1. The Hall–Kier alpha value is -0.880. The van der Waals surface area contributed by atoms with Crippen LogP contribution in [0.1, 0.15) is 5.01 Å². The number of rotatable bonds is 4. The minimum Gasteiger partial charge on any atom is -0.391 e. The highest BCUT2D eigenvalue weighted by Crippen LogP contribution is 2.24. The van der Waals surface area contributed by atoms with Gasteiger partial charge >= 0.3 is 0 Å². The molecule has 1 aromatic heterocycles. The molecule has 2 atom stereocenters. The van der Waals surface area contributed by atoms with Gasteiger partial charge in [0, 0.05) is 41.5 Å². The van der Waals surface area contributed by atoms with Crippen molar-refractivity contribution in [1.29, 1.82) is 0 Å². The van der Waals surface area contributed by atoms with Crippen LogP contribution in [-0.4, -0.2) is 52.2 Å². The second-order valence-electron chi connectivity index (χ2n) is 5.39. The number of thiazole rings is 1. The molecule has 2 heterocycles. The smallest absolute Gasteiger partial charge is 0.0959 e. The molecule has 0 amide bonds. The zero-order valence-electron chi connectivity index (χ0n) is 12.1. The summed E-state index contributed by atoms with van der Waals surface area (Å²) in [5.41, 5.74) is 2.15. The number of aliphatic hydroxyl groups is 1. The van der Waals surface area contributed by atoms with Crippen molar-refractivity contribution in [3.05, 3.63) is 40.7 Å². The molecule has 1 aliphatic rings. The van der Waals surface area contributed by atoms with Crippen LogP contribution >= 0.6 is 23.1 Å². The highest BCUT2D eigenvalue weighted by molar-refractivity contribution is 7.99. The van der Waals surface area contributed by atoms with E-state index >= 15 is 0 Å². The van der Waals surface area contributed by atoms with E-state index in [1.165, 1.54) is 0 Å². The molecule has 0 bridgehead atoms. The van der Waals surface area contributed by atoms with Crippen molar-refractivity contribution in [2.45, 2.75) is 18.6 Å². The van der Waals surface area contributed by atoms with Crippen molar-refractivity contribution < 1.29 is 5.11 Å². The van der Waals surface area contributed by atoms with Crippen molar-refractivity contribution in [2.75, 3.05) is 25.1 Å². The van der Waals surface area contributed by atoms with E-state index in [0.717, 1.165) is 34.3 Å². The molecule has 112 valence electrons. The largest absolute Gasteiger partial charge is 0.391 e. The van der Waals surface area contributed by atoms with E-state index in [2.05, 4.69) is 34.4 Å². The van der Waals surface area contributed by atoms with E-state index in [-0.39, 0.29) is 12.1 Å². The van der Waals surface area contributed by atoms with Crippen LogP contribution in [0.3, 0.4) is 0 Å². The molecule has 3 nitrogen and oxygen atoms in total. The monoisotopic (exact) mass is 320 g/mol. The second kappa shape index (κ2) is 6.92. The van der Waals surface area contributed by atoms with Crippen LogP contribution in [0.5, 0.6) is 0 Å². The van der Waals surface area contributed by atoms with Gasteiger partial charge < -0.3 is 5.11 Å². The third-order valence-electron chi connectivity index (χ3n) is 3.89. The van der Waals surface area contributed by atoms with Gasteiger partial charge in [-0.3, -0.25) is 4.90 Å². The van der Waals surface area contributed by atoms with Gasteiger partial charge in [0.25, 0.3) is 0 Å². The Balaban J connectivity index is 1.67. The number of hydrogen-bond acceptors (Lipinski definition) is 5. The zero-order valence-corrected chi connectivity index (χ0v) is 13.7. The van der Waals surface area contributed by atoms with Gasteiger partial charge in [0.1, 0.15) is 0 Å². The topological polar surface area (TPSA) is 36.4 Å². The lowest BCUT2D eigenvalue weighted by Crippen LogP contribution is -2.47. The van der Waals surface area contributed by atoms with Gasteiger partial charge in [-0.25, -0.2) is 4.98 Å². The quantitative estimate of drug-likeness (QED) is 0.940. The molecule has 5 heteroatoms. The summed E-state index contributed by atoms with van der Waals surface area (Å²) < 4.78 is 0. The maximum Gasteiger partial charge on any atom is 0.0959 e. The molecular weight excluding hydrogens is 300 g/mol. The molecule has 0 spiro atoms. The van der Waals surface area contributed by atoms with Gasteiger partial charge in [-0.1, -0.05) is 30.3 Å². The molecule has 0 radical (unpaired) electrons. The lowest BCUT2D eigenvalue weighted by Gasteiger charge is -2.35. The van der Waals surface area contributed by atoms with Crippen LogP contribution in [0.15, 0.2) is 35.7 Å². The molecule has 1 aliphatic heterocycles. The molecular formula is C16H20N2OS2. The summed E-state index contributed by atoms with van der Waals surface area (Å²) in [7, 11) is 2.10. The third kappa shape index (κ3) is 3.66. The predicted molar refractivity (Wildman–Crippen MR) is 91.0 cm³/mol. The summed E-state index contributed by atoms with van der Waals surface area (Å²) >= 11 is 3.57. The summed E-state index contributed by atoms with van der Waals surface area (Å²) in [5.74, 6) is 2.17. The number of aromatic nitrogens is 1. The molecule has 21 heavy (non-hydrogen) atoms. The average Bonchev–Trinajstić information content (AvgIpc) is 2.97. The van der Waals surface area contributed by atoms with Gasteiger partial charge in [-0.05, 0) is 7.05 Å². The van der Waals surface area contributed by atoms with Crippen molar-refractivity contribution >= 4 is 23.1 Å². The Morgan fingerprint density at radius 1 is 1.38 bits per heavy atom. The highest BCUT2D eigenvalue weighted by atomic mass is 32.2. The highest BCUT2D eigenvalue weighted by Gasteiger charge is 2.27. The first-order valence-corrected chi connectivity index (χ1v) is 9.23. The maximum atomic E-state index is 10.5. The van der Waals surface area contributed by atoms with Crippen LogP contribution in [0.4, 0.5) is 0 Å². The maximum absolute atomic E-state index is 10.5. The van der Waals surface area contributed by atoms with Crippen molar-refractivity contribution in [3.8, 4) is 11.3 Å². The number of hydrogen-bond donors (Lipinski definition) is 1. The van der Waals surface area contributed by atoms with Gasteiger partial charge in [-0.15, -0.1) is 11.3 Å².